The average molecular weight is 270 g/mol. The molecule has 0 bridgehead atoms. The van der Waals surface area contributed by atoms with Crippen LogP contribution in [0.5, 0.6) is 0 Å². The van der Waals surface area contributed by atoms with Gasteiger partial charge in [0.05, 0.1) is 13.2 Å². The molecule has 1 aliphatic heterocycles. The van der Waals surface area contributed by atoms with Crippen LogP contribution in [0.25, 0.3) is 6.08 Å². The summed E-state index contributed by atoms with van der Waals surface area (Å²) in [6.45, 7) is 6.04. The summed E-state index contributed by atoms with van der Waals surface area (Å²) in [6, 6.07) is 6.74. The van der Waals surface area contributed by atoms with Crippen molar-refractivity contribution < 1.29 is 9.47 Å². The predicted molar refractivity (Wildman–Crippen MR) is 79.6 cm³/mol. The van der Waals surface area contributed by atoms with Gasteiger partial charge in [-0.2, -0.15) is 0 Å². The quantitative estimate of drug-likeness (QED) is 0.710. The van der Waals surface area contributed by atoms with E-state index in [0.29, 0.717) is 0 Å². The van der Waals surface area contributed by atoms with E-state index in [9.17, 15) is 0 Å². The van der Waals surface area contributed by atoms with Crippen LogP contribution in [0, 0.1) is 6.92 Å². The molecule has 0 radical (unpaired) electrons. The van der Waals surface area contributed by atoms with E-state index in [1.165, 1.54) is 22.3 Å². The minimum Gasteiger partial charge on any atom is -0.348 e. The summed E-state index contributed by atoms with van der Waals surface area (Å²) < 4.78 is 11.8. The minimum atomic E-state index is -0.266. The number of rotatable bonds is 0. The van der Waals surface area contributed by atoms with Crippen molar-refractivity contribution in [2.24, 2.45) is 0 Å². The Kier molecular flexibility index (Phi) is 2.64. The second-order valence-corrected chi connectivity index (χ2v) is 6.55. The van der Waals surface area contributed by atoms with E-state index < -0.39 is 0 Å². The molecule has 4 rings (SSSR count). The first-order valence-corrected chi connectivity index (χ1v) is 7.72. The van der Waals surface area contributed by atoms with Crippen LogP contribution in [0.4, 0.5) is 0 Å². The van der Waals surface area contributed by atoms with Gasteiger partial charge in [-0.1, -0.05) is 29.8 Å². The lowest BCUT2D eigenvalue weighted by molar-refractivity contribution is -0.183. The Morgan fingerprint density at radius 3 is 2.35 bits per heavy atom. The van der Waals surface area contributed by atoms with Crippen molar-refractivity contribution in [2.75, 3.05) is 13.2 Å². The van der Waals surface area contributed by atoms with Crippen molar-refractivity contribution in [3.8, 4) is 0 Å². The molecule has 0 amide bonds. The lowest BCUT2D eigenvalue weighted by Crippen LogP contribution is -2.42. The van der Waals surface area contributed by atoms with E-state index >= 15 is 0 Å². The molecule has 1 saturated carbocycles. The molecule has 3 aliphatic rings. The maximum atomic E-state index is 5.89. The summed E-state index contributed by atoms with van der Waals surface area (Å²) in [5, 5.41) is 0. The van der Waals surface area contributed by atoms with Gasteiger partial charge >= 0.3 is 0 Å². The normalized spacial score (nSPS) is 26.0. The molecule has 106 valence electrons. The van der Waals surface area contributed by atoms with Crippen LogP contribution in [0.3, 0.4) is 0 Å². The van der Waals surface area contributed by atoms with Gasteiger partial charge in [0.25, 0.3) is 0 Å². The molecule has 0 atom stereocenters. The number of aryl methyl sites for hydroxylation is 1. The van der Waals surface area contributed by atoms with Gasteiger partial charge in [-0.3, -0.25) is 0 Å². The lowest BCUT2D eigenvalue weighted by atomic mass is 9.66. The van der Waals surface area contributed by atoms with Crippen molar-refractivity contribution in [3.05, 3.63) is 40.5 Å². The van der Waals surface area contributed by atoms with Gasteiger partial charge < -0.3 is 9.47 Å². The Morgan fingerprint density at radius 2 is 1.65 bits per heavy atom. The molecule has 1 saturated heterocycles. The maximum absolute atomic E-state index is 5.89. The zero-order chi connectivity index (χ0) is 13.8. The van der Waals surface area contributed by atoms with Gasteiger partial charge in [-0.15, -0.1) is 0 Å². The number of benzene rings is 1. The van der Waals surface area contributed by atoms with E-state index in [-0.39, 0.29) is 11.2 Å². The molecule has 2 nitrogen and oxygen atoms in total. The Morgan fingerprint density at radius 1 is 0.950 bits per heavy atom. The van der Waals surface area contributed by atoms with Crippen molar-refractivity contribution >= 4 is 6.08 Å². The predicted octanol–water partition coefficient (Wildman–Crippen LogP) is 3.97. The summed E-state index contributed by atoms with van der Waals surface area (Å²) in [5.74, 6) is -0.266. The summed E-state index contributed by atoms with van der Waals surface area (Å²) >= 11 is 0. The fraction of sp³-hybridized carbons (Fsp3) is 0.556. The fourth-order valence-electron chi connectivity index (χ4n) is 4.36. The number of ether oxygens (including phenoxy) is 2. The summed E-state index contributed by atoms with van der Waals surface area (Å²) in [7, 11) is 0. The standard InChI is InChI=1S/C18H22O2/c1-13-4-3-5-16-15(13)12-14(2)17(16)6-8-18(9-7-17)19-10-11-20-18/h3-5,12H,6-11H2,1-2H3. The van der Waals surface area contributed by atoms with Crippen molar-refractivity contribution in [1.82, 2.24) is 0 Å². The summed E-state index contributed by atoms with van der Waals surface area (Å²) in [5.41, 5.74) is 6.14. The largest absolute Gasteiger partial charge is 0.348 e. The maximum Gasteiger partial charge on any atom is 0.168 e. The molecule has 2 fully saturated rings. The molecular weight excluding hydrogens is 248 g/mol. The highest BCUT2D eigenvalue weighted by molar-refractivity contribution is 5.71. The van der Waals surface area contributed by atoms with Gasteiger partial charge in [0.15, 0.2) is 5.79 Å². The molecule has 2 aliphatic carbocycles. The minimum absolute atomic E-state index is 0.238. The third-order valence-corrected chi connectivity index (χ3v) is 5.63. The molecule has 0 N–H and O–H groups in total. The van der Waals surface area contributed by atoms with Crippen LogP contribution < -0.4 is 0 Å². The smallest absolute Gasteiger partial charge is 0.168 e. The fourth-order valence-corrected chi connectivity index (χ4v) is 4.36. The second-order valence-electron chi connectivity index (χ2n) is 6.55. The van der Waals surface area contributed by atoms with Crippen LogP contribution in [0.1, 0.15) is 49.3 Å². The Hall–Kier alpha value is -1.12. The molecule has 2 spiro atoms. The number of allylic oxidation sites excluding steroid dienone is 1. The van der Waals surface area contributed by atoms with Crippen molar-refractivity contribution in [1.29, 1.82) is 0 Å². The van der Waals surface area contributed by atoms with Crippen molar-refractivity contribution in [3.63, 3.8) is 0 Å². The topological polar surface area (TPSA) is 18.5 Å². The van der Waals surface area contributed by atoms with E-state index in [1.54, 1.807) is 0 Å². The molecule has 1 heterocycles. The van der Waals surface area contributed by atoms with E-state index in [1.807, 2.05) is 0 Å². The molecule has 20 heavy (non-hydrogen) atoms. The Balaban J connectivity index is 1.70. The van der Waals surface area contributed by atoms with Crippen LogP contribution >= 0.6 is 0 Å². The molecular formula is C18H22O2. The lowest BCUT2D eigenvalue weighted by Gasteiger charge is -2.43. The van der Waals surface area contributed by atoms with Gasteiger partial charge in [0.2, 0.25) is 0 Å². The molecule has 1 aromatic carbocycles. The molecule has 2 heteroatoms. The van der Waals surface area contributed by atoms with Gasteiger partial charge in [0, 0.05) is 18.3 Å². The first-order chi connectivity index (χ1) is 9.65. The van der Waals surface area contributed by atoms with Crippen LogP contribution in [-0.2, 0) is 14.9 Å². The zero-order valence-electron chi connectivity index (χ0n) is 12.4. The first-order valence-electron chi connectivity index (χ1n) is 7.72. The highest BCUT2D eigenvalue weighted by Gasteiger charge is 2.49. The van der Waals surface area contributed by atoms with E-state index in [2.05, 4.69) is 38.1 Å². The highest BCUT2D eigenvalue weighted by atomic mass is 16.7. The number of hydrogen-bond acceptors (Lipinski definition) is 2. The Bertz CT molecular complexity index is 569. The van der Waals surface area contributed by atoms with Crippen LogP contribution in [-0.4, -0.2) is 19.0 Å². The zero-order valence-corrected chi connectivity index (χ0v) is 12.4. The molecule has 0 aromatic heterocycles. The van der Waals surface area contributed by atoms with Crippen LogP contribution in [0.2, 0.25) is 0 Å². The van der Waals surface area contributed by atoms with Crippen LogP contribution in [0.15, 0.2) is 23.8 Å². The summed E-state index contributed by atoms with van der Waals surface area (Å²) in [6.07, 6.45) is 6.73. The highest BCUT2D eigenvalue weighted by Crippen LogP contribution is 2.54. The second kappa shape index (κ2) is 4.19. The molecule has 0 unspecified atom stereocenters. The third kappa shape index (κ3) is 1.58. The van der Waals surface area contributed by atoms with Gasteiger partial charge in [-0.05, 0) is 43.4 Å². The first kappa shape index (κ1) is 12.6. The average Bonchev–Trinajstić information content (AvgIpc) is 3.00. The van der Waals surface area contributed by atoms with E-state index in [4.69, 9.17) is 9.47 Å². The van der Waals surface area contributed by atoms with Crippen molar-refractivity contribution in [2.45, 2.75) is 50.7 Å². The summed E-state index contributed by atoms with van der Waals surface area (Å²) in [4.78, 5) is 0. The molecule has 1 aromatic rings. The van der Waals surface area contributed by atoms with E-state index in [0.717, 1.165) is 38.9 Å². The number of hydrogen-bond donors (Lipinski definition) is 0. The Labute approximate surface area is 120 Å². The monoisotopic (exact) mass is 270 g/mol. The third-order valence-electron chi connectivity index (χ3n) is 5.63. The SMILES string of the molecule is CC1=Cc2c(C)cccc2C12CCC1(CC2)OCCO1. The van der Waals surface area contributed by atoms with Gasteiger partial charge in [0.1, 0.15) is 0 Å². The van der Waals surface area contributed by atoms with Gasteiger partial charge in [-0.25, -0.2) is 0 Å². The number of fused-ring (bicyclic) bond motifs is 2.